The Bertz CT molecular complexity index is 655. The summed E-state index contributed by atoms with van der Waals surface area (Å²) in [5.41, 5.74) is 2.00. The Morgan fingerprint density at radius 3 is 2.52 bits per heavy atom. The summed E-state index contributed by atoms with van der Waals surface area (Å²) in [6.07, 6.45) is -0.715. The first-order chi connectivity index (χ1) is 9.95. The van der Waals surface area contributed by atoms with Crippen LogP contribution in [0.15, 0.2) is 42.5 Å². The van der Waals surface area contributed by atoms with Crippen molar-refractivity contribution in [2.24, 2.45) is 0 Å². The highest BCUT2D eigenvalue weighted by molar-refractivity contribution is 5.94. The summed E-state index contributed by atoms with van der Waals surface area (Å²) < 4.78 is 19.3. The van der Waals surface area contributed by atoms with Crippen LogP contribution >= 0.6 is 0 Å². The molecule has 2 aromatic rings. The molecule has 0 saturated heterocycles. The predicted molar refractivity (Wildman–Crippen MR) is 81.0 cm³/mol. The number of benzene rings is 2. The number of halogens is 1. The number of carbonyl (C=O) groups is 1. The van der Waals surface area contributed by atoms with Gasteiger partial charge in [-0.1, -0.05) is 18.2 Å². The van der Waals surface area contributed by atoms with E-state index in [0.29, 0.717) is 5.75 Å². The molecule has 0 aliphatic heterocycles. The molecule has 3 nitrogen and oxygen atoms in total. The highest BCUT2D eigenvalue weighted by Gasteiger charge is 2.16. The molecule has 1 amide bonds. The van der Waals surface area contributed by atoms with Crippen molar-refractivity contribution in [2.75, 3.05) is 5.32 Å². The number of ether oxygens (including phenoxy) is 1. The second kappa shape index (κ2) is 6.39. The lowest BCUT2D eigenvalue weighted by Crippen LogP contribution is -2.30. The molecule has 1 atom stereocenters. The van der Waals surface area contributed by atoms with Crippen molar-refractivity contribution in [3.63, 3.8) is 0 Å². The van der Waals surface area contributed by atoms with Gasteiger partial charge in [0.25, 0.3) is 5.91 Å². The molecule has 0 aromatic heterocycles. The lowest BCUT2D eigenvalue weighted by molar-refractivity contribution is -0.122. The number of hydrogen-bond acceptors (Lipinski definition) is 2. The first-order valence-electron chi connectivity index (χ1n) is 6.76. The van der Waals surface area contributed by atoms with Gasteiger partial charge in [0.1, 0.15) is 11.6 Å². The zero-order chi connectivity index (χ0) is 15.4. The third-order valence-electron chi connectivity index (χ3n) is 3.05. The Hall–Kier alpha value is -2.36. The van der Waals surface area contributed by atoms with Crippen LogP contribution in [0.4, 0.5) is 10.1 Å². The van der Waals surface area contributed by atoms with Crippen LogP contribution in [-0.2, 0) is 4.79 Å². The monoisotopic (exact) mass is 287 g/mol. The molecule has 0 aliphatic rings. The van der Waals surface area contributed by atoms with Gasteiger partial charge in [0.05, 0.1) is 5.69 Å². The van der Waals surface area contributed by atoms with E-state index in [9.17, 15) is 9.18 Å². The van der Waals surface area contributed by atoms with E-state index < -0.39 is 11.9 Å². The Morgan fingerprint density at radius 2 is 1.86 bits per heavy atom. The van der Waals surface area contributed by atoms with Gasteiger partial charge in [-0.25, -0.2) is 4.39 Å². The van der Waals surface area contributed by atoms with E-state index in [-0.39, 0.29) is 11.6 Å². The second-order valence-electron chi connectivity index (χ2n) is 5.05. The van der Waals surface area contributed by atoms with Crippen molar-refractivity contribution in [2.45, 2.75) is 26.9 Å². The molecule has 2 rings (SSSR count). The lowest BCUT2D eigenvalue weighted by Gasteiger charge is -2.15. The molecule has 0 fully saturated rings. The van der Waals surface area contributed by atoms with Crippen molar-refractivity contribution in [1.29, 1.82) is 0 Å². The van der Waals surface area contributed by atoms with Crippen LogP contribution in [0.5, 0.6) is 5.75 Å². The van der Waals surface area contributed by atoms with Crippen LogP contribution < -0.4 is 10.1 Å². The van der Waals surface area contributed by atoms with Crippen LogP contribution in [-0.4, -0.2) is 12.0 Å². The van der Waals surface area contributed by atoms with Crippen LogP contribution in [0.1, 0.15) is 18.1 Å². The highest BCUT2D eigenvalue weighted by Crippen LogP contribution is 2.17. The summed E-state index contributed by atoms with van der Waals surface area (Å²) in [5, 5.41) is 2.53. The van der Waals surface area contributed by atoms with E-state index >= 15 is 0 Å². The number of carbonyl (C=O) groups excluding carboxylic acids is 1. The van der Waals surface area contributed by atoms with Crippen LogP contribution in [0.25, 0.3) is 0 Å². The topological polar surface area (TPSA) is 38.3 Å². The van der Waals surface area contributed by atoms with Gasteiger partial charge in [0.2, 0.25) is 0 Å². The third kappa shape index (κ3) is 4.05. The van der Waals surface area contributed by atoms with Gasteiger partial charge in [-0.15, -0.1) is 0 Å². The van der Waals surface area contributed by atoms with Crippen molar-refractivity contribution in [3.8, 4) is 5.75 Å². The van der Waals surface area contributed by atoms with Crippen molar-refractivity contribution in [3.05, 3.63) is 59.4 Å². The molecule has 21 heavy (non-hydrogen) atoms. The minimum Gasteiger partial charge on any atom is -0.481 e. The molecule has 0 saturated carbocycles. The van der Waals surface area contributed by atoms with Gasteiger partial charge >= 0.3 is 0 Å². The first kappa shape index (κ1) is 15.0. The molecule has 0 spiro atoms. The van der Waals surface area contributed by atoms with E-state index in [1.54, 1.807) is 32.0 Å². The standard InChI is InChI=1S/C17H18FNO2/c1-11-5-4-6-14(9-11)21-13(3)17(20)19-16-8-7-12(2)10-15(16)18/h4-10,13H,1-3H3,(H,19,20)/t13-/m0/s1. The number of rotatable bonds is 4. The van der Waals surface area contributed by atoms with E-state index in [4.69, 9.17) is 4.74 Å². The Balaban J connectivity index is 2.02. The Kier molecular flexibility index (Phi) is 4.58. The molecular weight excluding hydrogens is 269 g/mol. The SMILES string of the molecule is Cc1cccc(O[C@@H](C)C(=O)Nc2ccc(C)cc2F)c1. The predicted octanol–water partition coefficient (Wildman–Crippen LogP) is 3.85. The summed E-state index contributed by atoms with van der Waals surface area (Å²) in [6, 6.07) is 12.1. The molecule has 2 aromatic carbocycles. The third-order valence-corrected chi connectivity index (χ3v) is 3.05. The molecule has 1 N–H and O–H groups in total. The normalized spacial score (nSPS) is 11.8. The minimum atomic E-state index is -0.715. The van der Waals surface area contributed by atoms with E-state index in [2.05, 4.69) is 5.32 Å². The number of anilines is 1. The van der Waals surface area contributed by atoms with Crippen LogP contribution in [0.3, 0.4) is 0 Å². The van der Waals surface area contributed by atoms with Crippen molar-refractivity contribution in [1.82, 2.24) is 0 Å². The Labute approximate surface area is 123 Å². The first-order valence-corrected chi connectivity index (χ1v) is 6.76. The average molecular weight is 287 g/mol. The molecule has 0 heterocycles. The fourth-order valence-corrected chi connectivity index (χ4v) is 1.90. The summed E-state index contributed by atoms with van der Waals surface area (Å²) in [4.78, 5) is 12.0. The van der Waals surface area contributed by atoms with Crippen molar-refractivity contribution < 1.29 is 13.9 Å². The molecule has 0 bridgehead atoms. The molecule has 0 unspecified atom stereocenters. The minimum absolute atomic E-state index is 0.158. The van der Waals surface area contributed by atoms with Gasteiger partial charge in [0.15, 0.2) is 6.10 Å². The van der Waals surface area contributed by atoms with Gasteiger partial charge in [-0.2, -0.15) is 0 Å². The number of amides is 1. The summed E-state index contributed by atoms with van der Waals surface area (Å²) >= 11 is 0. The maximum Gasteiger partial charge on any atom is 0.265 e. The lowest BCUT2D eigenvalue weighted by atomic mass is 10.2. The largest absolute Gasteiger partial charge is 0.481 e. The van der Waals surface area contributed by atoms with E-state index in [1.807, 2.05) is 25.1 Å². The van der Waals surface area contributed by atoms with E-state index in [0.717, 1.165) is 11.1 Å². The van der Waals surface area contributed by atoms with E-state index in [1.165, 1.54) is 6.07 Å². The highest BCUT2D eigenvalue weighted by atomic mass is 19.1. The summed E-state index contributed by atoms with van der Waals surface area (Å²) in [5.74, 6) is -0.229. The smallest absolute Gasteiger partial charge is 0.265 e. The average Bonchev–Trinajstić information content (AvgIpc) is 2.41. The van der Waals surface area contributed by atoms with Gasteiger partial charge in [-0.05, 0) is 56.2 Å². The maximum absolute atomic E-state index is 13.7. The zero-order valence-corrected chi connectivity index (χ0v) is 12.3. The number of nitrogens with one attached hydrogen (secondary N) is 1. The van der Waals surface area contributed by atoms with Crippen LogP contribution in [0.2, 0.25) is 0 Å². The number of hydrogen-bond donors (Lipinski definition) is 1. The van der Waals surface area contributed by atoms with Gasteiger partial charge < -0.3 is 10.1 Å². The molecular formula is C17H18FNO2. The zero-order valence-electron chi connectivity index (χ0n) is 12.3. The fraction of sp³-hybridized carbons (Fsp3) is 0.235. The van der Waals surface area contributed by atoms with Gasteiger partial charge in [-0.3, -0.25) is 4.79 Å². The van der Waals surface area contributed by atoms with Gasteiger partial charge in [0, 0.05) is 0 Å². The molecule has 0 aliphatic carbocycles. The summed E-state index contributed by atoms with van der Waals surface area (Å²) in [6.45, 7) is 5.36. The van der Waals surface area contributed by atoms with Crippen LogP contribution in [0, 0.1) is 19.7 Å². The Morgan fingerprint density at radius 1 is 1.14 bits per heavy atom. The second-order valence-corrected chi connectivity index (χ2v) is 5.05. The molecule has 110 valence electrons. The molecule has 4 heteroatoms. The molecule has 0 radical (unpaired) electrons. The summed E-state index contributed by atoms with van der Waals surface area (Å²) in [7, 11) is 0. The fourth-order valence-electron chi connectivity index (χ4n) is 1.90. The number of aryl methyl sites for hydroxylation is 2. The van der Waals surface area contributed by atoms with Crippen molar-refractivity contribution >= 4 is 11.6 Å². The maximum atomic E-state index is 13.7. The quantitative estimate of drug-likeness (QED) is 0.927.